The molecule has 0 aliphatic carbocycles. The second-order valence-corrected chi connectivity index (χ2v) is 6.54. The topological polar surface area (TPSA) is 119 Å². The van der Waals surface area contributed by atoms with Crippen LogP contribution in [-0.2, 0) is 14.4 Å². The van der Waals surface area contributed by atoms with Gasteiger partial charge in [0.25, 0.3) is 5.91 Å². The molecule has 0 aromatic heterocycles. The number of aliphatic hydroxyl groups is 1. The summed E-state index contributed by atoms with van der Waals surface area (Å²) in [4.78, 5) is 37.9. The van der Waals surface area contributed by atoms with Gasteiger partial charge in [-0.25, -0.2) is 9.87 Å². The smallest absolute Gasteiger partial charge is 0.278 e. The van der Waals surface area contributed by atoms with Crippen molar-refractivity contribution < 1.29 is 29.1 Å². The number of carbonyl (C=O) groups excluding carboxylic acids is 3. The van der Waals surface area contributed by atoms with Gasteiger partial charge < -0.3 is 15.3 Å². The van der Waals surface area contributed by atoms with Crippen LogP contribution in [0.25, 0.3) is 0 Å². The van der Waals surface area contributed by atoms with E-state index in [1.807, 2.05) is 6.92 Å². The number of hydrogen-bond acceptors (Lipinski definition) is 5. The first-order chi connectivity index (χ1) is 12.5. The molecule has 1 saturated heterocycles. The fraction of sp³-hybridized carbons (Fsp3) is 0.824. The van der Waals surface area contributed by atoms with Crippen molar-refractivity contribution in [3.8, 4) is 0 Å². The average molecular weight is 375 g/mol. The predicted octanol–water partition coefficient (Wildman–Crippen LogP) is 0.516. The van der Waals surface area contributed by atoms with Crippen molar-refractivity contribution in [1.82, 2.24) is 15.7 Å². The van der Waals surface area contributed by atoms with Gasteiger partial charge in [-0.2, -0.15) is 0 Å². The predicted molar refractivity (Wildman–Crippen MR) is 91.9 cm³/mol. The highest BCUT2D eigenvalue weighted by Gasteiger charge is 2.41. The van der Waals surface area contributed by atoms with Crippen molar-refractivity contribution in [2.45, 2.75) is 64.1 Å². The maximum atomic E-state index is 14.4. The van der Waals surface area contributed by atoms with Crippen LogP contribution < -0.4 is 10.8 Å². The third kappa shape index (κ3) is 6.21. The summed E-state index contributed by atoms with van der Waals surface area (Å²) in [7, 11) is 0. The molecule has 1 fully saturated rings. The minimum atomic E-state index is -2.16. The molecule has 0 aromatic rings. The number of halogens is 1. The summed E-state index contributed by atoms with van der Waals surface area (Å²) in [5.41, 5.74) is 1.26. The highest BCUT2D eigenvalue weighted by Crippen LogP contribution is 2.25. The Morgan fingerprint density at radius 1 is 1.27 bits per heavy atom. The Morgan fingerprint density at radius 3 is 2.62 bits per heavy atom. The van der Waals surface area contributed by atoms with Gasteiger partial charge in [-0.15, -0.1) is 0 Å². The van der Waals surface area contributed by atoms with Crippen molar-refractivity contribution in [1.29, 1.82) is 0 Å². The third-order valence-electron chi connectivity index (χ3n) is 4.62. The maximum absolute atomic E-state index is 14.4. The fourth-order valence-corrected chi connectivity index (χ4v) is 3.15. The standard InChI is InChI=1S/C17H30FN3O5/c1-2-3-7-12(14(18)16(24)20-26)17(25)21-10-6-8-13(21)15(23)19-9-4-5-11-22/h12-14,22,26H,2-11H2,1H3,(H,19,23)(H,20,24)/t12?,13-,14?/m0/s1. The average Bonchev–Trinajstić information content (AvgIpc) is 3.14. The lowest BCUT2D eigenvalue weighted by atomic mass is 9.94. The van der Waals surface area contributed by atoms with Gasteiger partial charge in [-0.1, -0.05) is 19.8 Å². The number of nitrogens with one attached hydrogen (secondary N) is 2. The van der Waals surface area contributed by atoms with E-state index in [-0.39, 0.29) is 18.9 Å². The van der Waals surface area contributed by atoms with Gasteiger partial charge in [-0.3, -0.25) is 19.6 Å². The summed E-state index contributed by atoms with van der Waals surface area (Å²) in [6, 6.07) is -0.676. The zero-order valence-electron chi connectivity index (χ0n) is 15.2. The van der Waals surface area contributed by atoms with Crippen LogP contribution in [0, 0.1) is 5.92 Å². The highest BCUT2D eigenvalue weighted by atomic mass is 19.1. The lowest BCUT2D eigenvalue weighted by Crippen LogP contribution is -2.51. The number of amides is 3. The number of nitrogens with zero attached hydrogens (tertiary/aromatic N) is 1. The van der Waals surface area contributed by atoms with E-state index in [1.54, 1.807) is 0 Å². The van der Waals surface area contributed by atoms with E-state index in [9.17, 15) is 18.8 Å². The number of unbranched alkanes of at least 4 members (excludes halogenated alkanes) is 2. The van der Waals surface area contributed by atoms with E-state index in [2.05, 4.69) is 5.32 Å². The Labute approximate surface area is 153 Å². The number of carbonyl (C=O) groups is 3. The van der Waals surface area contributed by atoms with Gasteiger partial charge in [0.05, 0.1) is 5.92 Å². The first-order valence-corrected chi connectivity index (χ1v) is 9.24. The minimum absolute atomic E-state index is 0.0494. The van der Waals surface area contributed by atoms with Crippen LogP contribution >= 0.6 is 0 Å². The normalized spacial score (nSPS) is 19.1. The highest BCUT2D eigenvalue weighted by molar-refractivity contribution is 5.92. The summed E-state index contributed by atoms with van der Waals surface area (Å²) in [5, 5.41) is 20.1. The molecule has 4 N–H and O–H groups in total. The summed E-state index contributed by atoms with van der Waals surface area (Å²) >= 11 is 0. The second kappa shape index (κ2) is 11.8. The largest absolute Gasteiger partial charge is 0.396 e. The number of hydrogen-bond donors (Lipinski definition) is 4. The van der Waals surface area contributed by atoms with Crippen LogP contribution in [0.3, 0.4) is 0 Å². The molecule has 8 nitrogen and oxygen atoms in total. The molecule has 1 aliphatic rings. The molecular weight excluding hydrogens is 345 g/mol. The lowest BCUT2D eigenvalue weighted by Gasteiger charge is -2.29. The monoisotopic (exact) mass is 375 g/mol. The first-order valence-electron chi connectivity index (χ1n) is 9.24. The molecule has 1 aliphatic heterocycles. The Bertz CT molecular complexity index is 477. The third-order valence-corrected chi connectivity index (χ3v) is 4.62. The summed E-state index contributed by atoms with van der Waals surface area (Å²) in [6.45, 7) is 2.67. The molecule has 0 radical (unpaired) electrons. The van der Waals surface area contributed by atoms with Gasteiger partial charge in [0.1, 0.15) is 6.04 Å². The number of hydroxylamine groups is 1. The summed E-state index contributed by atoms with van der Waals surface area (Å²) < 4.78 is 14.4. The first kappa shape index (κ1) is 22.3. The molecule has 0 aromatic carbocycles. The van der Waals surface area contributed by atoms with Crippen LogP contribution in [0.1, 0.15) is 51.9 Å². The molecule has 26 heavy (non-hydrogen) atoms. The molecule has 150 valence electrons. The molecule has 3 atom stereocenters. The van der Waals surface area contributed by atoms with Crippen LogP contribution in [0.15, 0.2) is 0 Å². The van der Waals surface area contributed by atoms with E-state index in [0.717, 1.165) is 6.42 Å². The Kier molecular flexibility index (Phi) is 10.1. The number of aliphatic hydroxyl groups excluding tert-OH is 1. The van der Waals surface area contributed by atoms with Gasteiger partial charge >= 0.3 is 0 Å². The fourth-order valence-electron chi connectivity index (χ4n) is 3.15. The van der Waals surface area contributed by atoms with Crippen molar-refractivity contribution >= 4 is 17.7 Å². The Morgan fingerprint density at radius 2 is 2.00 bits per heavy atom. The van der Waals surface area contributed by atoms with Gasteiger partial charge in [0, 0.05) is 19.7 Å². The Balaban J connectivity index is 2.77. The number of alkyl halides is 1. The van der Waals surface area contributed by atoms with Gasteiger partial charge in [0.2, 0.25) is 11.8 Å². The molecule has 9 heteroatoms. The van der Waals surface area contributed by atoms with Gasteiger partial charge in [0.15, 0.2) is 6.17 Å². The zero-order valence-corrected chi connectivity index (χ0v) is 15.2. The molecule has 0 spiro atoms. The molecule has 0 bridgehead atoms. The molecule has 0 saturated carbocycles. The van der Waals surface area contributed by atoms with Crippen LogP contribution in [0.5, 0.6) is 0 Å². The summed E-state index contributed by atoms with van der Waals surface area (Å²) in [5.74, 6) is -3.33. The van der Waals surface area contributed by atoms with Crippen LogP contribution in [-0.4, -0.2) is 64.8 Å². The number of likely N-dealkylation sites (tertiary alicyclic amines) is 1. The van der Waals surface area contributed by atoms with E-state index in [4.69, 9.17) is 10.3 Å². The molecule has 1 rings (SSSR count). The van der Waals surface area contributed by atoms with E-state index >= 15 is 0 Å². The second-order valence-electron chi connectivity index (χ2n) is 6.54. The van der Waals surface area contributed by atoms with Crippen LogP contribution in [0.2, 0.25) is 0 Å². The lowest BCUT2D eigenvalue weighted by molar-refractivity contribution is -0.149. The summed E-state index contributed by atoms with van der Waals surface area (Å²) in [6.07, 6.45) is 1.62. The zero-order chi connectivity index (χ0) is 19.5. The molecule has 2 unspecified atom stereocenters. The van der Waals surface area contributed by atoms with Crippen molar-refractivity contribution in [2.75, 3.05) is 19.7 Å². The SMILES string of the molecule is CCCCC(C(=O)N1CCC[C@H]1C(=O)NCCCCO)C(F)C(=O)NO. The quantitative estimate of drug-likeness (QED) is 0.238. The van der Waals surface area contributed by atoms with E-state index in [0.29, 0.717) is 45.2 Å². The molecule has 3 amide bonds. The van der Waals surface area contributed by atoms with Crippen molar-refractivity contribution in [2.24, 2.45) is 5.92 Å². The maximum Gasteiger partial charge on any atom is 0.278 e. The Hall–Kier alpha value is -1.74. The van der Waals surface area contributed by atoms with Crippen LogP contribution in [0.4, 0.5) is 4.39 Å². The van der Waals surface area contributed by atoms with Gasteiger partial charge in [-0.05, 0) is 32.1 Å². The molecule has 1 heterocycles. The number of rotatable bonds is 11. The van der Waals surface area contributed by atoms with E-state index < -0.39 is 29.9 Å². The van der Waals surface area contributed by atoms with E-state index in [1.165, 1.54) is 10.4 Å². The van der Waals surface area contributed by atoms with Crippen molar-refractivity contribution in [3.63, 3.8) is 0 Å². The minimum Gasteiger partial charge on any atom is -0.396 e. The van der Waals surface area contributed by atoms with Crippen molar-refractivity contribution in [3.05, 3.63) is 0 Å². The molecular formula is C17H30FN3O5.